The van der Waals surface area contributed by atoms with E-state index in [0.717, 1.165) is 5.56 Å². The molecule has 144 valence electrons. The lowest BCUT2D eigenvalue weighted by Crippen LogP contribution is -2.08. The monoisotopic (exact) mass is 377 g/mol. The normalized spacial score (nSPS) is 15.1. The first-order valence-corrected chi connectivity index (χ1v) is 10.0. The topological polar surface area (TPSA) is 50.2 Å². The van der Waals surface area contributed by atoms with E-state index in [4.69, 9.17) is 4.98 Å². The van der Waals surface area contributed by atoms with E-state index in [2.05, 4.69) is 12.1 Å². The highest BCUT2D eigenvalue weighted by Gasteiger charge is 2.21. The molecular formula is C24H24FNO2. The van der Waals surface area contributed by atoms with Crippen molar-refractivity contribution in [2.24, 2.45) is 0 Å². The molecule has 1 saturated carbocycles. The standard InChI is InChI=1S/C24H24FNO2/c1-2-19-22(24(27)28)20-14-18(25)12-13-21(20)26-23(19)17-10-8-16(9-11-17)15-6-4-3-5-7-15/h8-15H,2-7H2,1H3,(H,27,28). The van der Waals surface area contributed by atoms with Crippen LogP contribution < -0.4 is 0 Å². The highest BCUT2D eigenvalue weighted by molar-refractivity contribution is 6.05. The maximum absolute atomic E-state index is 13.7. The molecule has 0 bridgehead atoms. The van der Waals surface area contributed by atoms with Crippen molar-refractivity contribution in [1.29, 1.82) is 0 Å². The first-order chi connectivity index (χ1) is 13.6. The number of pyridine rings is 1. The SMILES string of the molecule is CCc1c(-c2ccc(C3CCCCC3)cc2)nc2ccc(F)cc2c1C(=O)O. The lowest BCUT2D eigenvalue weighted by molar-refractivity contribution is 0.0698. The number of benzene rings is 2. The van der Waals surface area contributed by atoms with Crippen molar-refractivity contribution >= 4 is 16.9 Å². The molecular weight excluding hydrogens is 353 g/mol. The lowest BCUT2D eigenvalue weighted by Gasteiger charge is -2.22. The number of hydrogen-bond acceptors (Lipinski definition) is 2. The van der Waals surface area contributed by atoms with Crippen LogP contribution in [0.1, 0.15) is 66.4 Å². The fourth-order valence-electron chi connectivity index (χ4n) is 4.45. The molecule has 28 heavy (non-hydrogen) atoms. The second-order valence-electron chi connectivity index (χ2n) is 7.59. The van der Waals surface area contributed by atoms with E-state index in [0.29, 0.717) is 34.5 Å². The van der Waals surface area contributed by atoms with Crippen molar-refractivity contribution in [3.8, 4) is 11.3 Å². The number of carbonyl (C=O) groups is 1. The van der Waals surface area contributed by atoms with Gasteiger partial charge in [-0.3, -0.25) is 0 Å². The van der Waals surface area contributed by atoms with Gasteiger partial charge in [0.2, 0.25) is 0 Å². The second-order valence-corrected chi connectivity index (χ2v) is 7.59. The van der Waals surface area contributed by atoms with Crippen LogP contribution in [0.2, 0.25) is 0 Å². The van der Waals surface area contributed by atoms with Crippen LogP contribution in [0.5, 0.6) is 0 Å². The minimum atomic E-state index is -1.05. The zero-order chi connectivity index (χ0) is 19.7. The number of carboxylic acids is 1. The van der Waals surface area contributed by atoms with Gasteiger partial charge < -0.3 is 5.11 Å². The number of aromatic carboxylic acids is 1. The van der Waals surface area contributed by atoms with Gasteiger partial charge >= 0.3 is 5.97 Å². The van der Waals surface area contributed by atoms with Crippen LogP contribution in [0, 0.1) is 5.82 Å². The summed E-state index contributed by atoms with van der Waals surface area (Å²) in [7, 11) is 0. The predicted molar refractivity (Wildman–Crippen MR) is 109 cm³/mol. The van der Waals surface area contributed by atoms with Crippen molar-refractivity contribution in [2.75, 3.05) is 0 Å². The summed E-state index contributed by atoms with van der Waals surface area (Å²) >= 11 is 0. The Balaban J connectivity index is 1.83. The van der Waals surface area contributed by atoms with E-state index in [9.17, 15) is 14.3 Å². The Labute approximate surface area is 164 Å². The van der Waals surface area contributed by atoms with Gasteiger partial charge in [-0.2, -0.15) is 0 Å². The summed E-state index contributed by atoms with van der Waals surface area (Å²) in [5.74, 6) is -0.881. The third-order valence-electron chi connectivity index (χ3n) is 5.88. The third-order valence-corrected chi connectivity index (χ3v) is 5.88. The van der Waals surface area contributed by atoms with Gasteiger partial charge in [0.05, 0.1) is 16.8 Å². The molecule has 1 aliphatic carbocycles. The van der Waals surface area contributed by atoms with E-state index in [1.165, 1.54) is 49.8 Å². The summed E-state index contributed by atoms with van der Waals surface area (Å²) in [6.45, 7) is 1.91. The third kappa shape index (κ3) is 3.39. The molecule has 4 rings (SSSR count). The quantitative estimate of drug-likeness (QED) is 0.576. The maximum Gasteiger partial charge on any atom is 0.336 e. The summed E-state index contributed by atoms with van der Waals surface area (Å²) in [4.78, 5) is 16.7. The molecule has 1 aromatic heterocycles. The van der Waals surface area contributed by atoms with E-state index in [1.807, 2.05) is 19.1 Å². The fourth-order valence-corrected chi connectivity index (χ4v) is 4.45. The van der Waals surface area contributed by atoms with Crippen LogP contribution >= 0.6 is 0 Å². The van der Waals surface area contributed by atoms with Gasteiger partial charge in [0.25, 0.3) is 0 Å². The van der Waals surface area contributed by atoms with Crippen molar-refractivity contribution in [2.45, 2.75) is 51.4 Å². The summed E-state index contributed by atoms with van der Waals surface area (Å²) in [5.41, 5.74) is 4.24. The molecule has 3 nitrogen and oxygen atoms in total. The number of nitrogens with zero attached hydrogens (tertiary/aromatic N) is 1. The Morgan fingerprint density at radius 1 is 1.11 bits per heavy atom. The average molecular weight is 377 g/mol. The molecule has 2 aromatic carbocycles. The predicted octanol–water partition coefficient (Wildman–Crippen LogP) is 6.35. The molecule has 1 fully saturated rings. The van der Waals surface area contributed by atoms with Gasteiger partial charge in [-0.15, -0.1) is 0 Å². The van der Waals surface area contributed by atoms with E-state index in [1.54, 1.807) is 6.07 Å². The zero-order valence-corrected chi connectivity index (χ0v) is 16.0. The number of aromatic nitrogens is 1. The highest BCUT2D eigenvalue weighted by atomic mass is 19.1. The molecule has 0 unspecified atom stereocenters. The Kier molecular flexibility index (Phi) is 5.12. The highest BCUT2D eigenvalue weighted by Crippen LogP contribution is 2.35. The van der Waals surface area contributed by atoms with Gasteiger partial charge in [-0.05, 0) is 54.5 Å². The van der Waals surface area contributed by atoms with Crippen LogP contribution in [0.25, 0.3) is 22.2 Å². The van der Waals surface area contributed by atoms with Crippen LogP contribution in [0.15, 0.2) is 42.5 Å². The van der Waals surface area contributed by atoms with E-state index < -0.39 is 11.8 Å². The first-order valence-electron chi connectivity index (χ1n) is 10.0. The molecule has 0 radical (unpaired) electrons. The number of hydrogen-bond donors (Lipinski definition) is 1. The Morgan fingerprint density at radius 2 is 1.82 bits per heavy atom. The largest absolute Gasteiger partial charge is 0.478 e. The Bertz CT molecular complexity index is 1020. The van der Waals surface area contributed by atoms with Crippen LogP contribution in [0.3, 0.4) is 0 Å². The smallest absolute Gasteiger partial charge is 0.336 e. The van der Waals surface area contributed by atoms with Crippen LogP contribution in [-0.2, 0) is 6.42 Å². The van der Waals surface area contributed by atoms with Crippen molar-refractivity contribution in [1.82, 2.24) is 4.98 Å². The van der Waals surface area contributed by atoms with Gasteiger partial charge in [-0.25, -0.2) is 14.2 Å². The van der Waals surface area contributed by atoms with Gasteiger partial charge in [0, 0.05) is 10.9 Å². The number of rotatable bonds is 4. The van der Waals surface area contributed by atoms with Gasteiger partial charge in [0.1, 0.15) is 5.82 Å². The van der Waals surface area contributed by atoms with E-state index >= 15 is 0 Å². The van der Waals surface area contributed by atoms with Gasteiger partial charge in [0.15, 0.2) is 0 Å². The van der Waals surface area contributed by atoms with Crippen molar-refractivity contribution < 1.29 is 14.3 Å². The first kappa shape index (κ1) is 18.6. The fraction of sp³-hybridized carbons (Fsp3) is 0.333. The number of carboxylic acid groups (broad SMARTS) is 1. The minimum Gasteiger partial charge on any atom is -0.478 e. The molecule has 0 saturated heterocycles. The van der Waals surface area contributed by atoms with Gasteiger partial charge in [-0.1, -0.05) is 50.5 Å². The van der Waals surface area contributed by atoms with Crippen LogP contribution in [0.4, 0.5) is 4.39 Å². The molecule has 3 aromatic rings. The molecule has 1 aliphatic rings. The van der Waals surface area contributed by atoms with Crippen LogP contribution in [-0.4, -0.2) is 16.1 Å². The number of fused-ring (bicyclic) bond motifs is 1. The lowest BCUT2D eigenvalue weighted by atomic mass is 9.83. The summed E-state index contributed by atoms with van der Waals surface area (Å²) in [6.07, 6.45) is 6.90. The zero-order valence-electron chi connectivity index (χ0n) is 16.0. The van der Waals surface area contributed by atoms with Crippen molar-refractivity contribution in [3.63, 3.8) is 0 Å². The molecule has 1 heterocycles. The Morgan fingerprint density at radius 3 is 2.46 bits per heavy atom. The second kappa shape index (κ2) is 7.70. The molecule has 0 amide bonds. The summed E-state index contributed by atoms with van der Waals surface area (Å²) in [6, 6.07) is 12.5. The maximum atomic E-state index is 13.7. The average Bonchev–Trinajstić information content (AvgIpc) is 2.73. The summed E-state index contributed by atoms with van der Waals surface area (Å²) < 4.78 is 13.7. The molecule has 1 N–H and O–H groups in total. The molecule has 4 heteroatoms. The molecule has 0 atom stereocenters. The minimum absolute atomic E-state index is 0.151. The molecule has 0 aliphatic heterocycles. The van der Waals surface area contributed by atoms with E-state index in [-0.39, 0.29) is 5.56 Å². The van der Waals surface area contributed by atoms with Crippen molar-refractivity contribution in [3.05, 3.63) is 65.0 Å². The summed E-state index contributed by atoms with van der Waals surface area (Å²) in [5, 5.41) is 10.2. The Hall–Kier alpha value is -2.75. The molecule has 0 spiro atoms. The number of halogens is 1.